The molecular formula is C22H24N4O. The molecule has 0 aliphatic rings. The van der Waals surface area contributed by atoms with Gasteiger partial charge >= 0.3 is 0 Å². The number of carbonyl (C=O) groups excluding carboxylic acids is 1. The van der Waals surface area contributed by atoms with Gasteiger partial charge in [-0.3, -0.25) is 9.78 Å². The van der Waals surface area contributed by atoms with Crippen molar-refractivity contribution >= 4 is 17.6 Å². The zero-order chi connectivity index (χ0) is 19.4. The maximum absolute atomic E-state index is 11.1. The Morgan fingerprint density at radius 2 is 2.04 bits per heavy atom. The number of carbonyl (C=O) groups is 1. The van der Waals surface area contributed by atoms with Crippen molar-refractivity contribution < 1.29 is 4.79 Å². The number of fused-ring (bicyclic) bond motifs is 1. The summed E-state index contributed by atoms with van der Waals surface area (Å²) in [4.78, 5) is 21.7. The van der Waals surface area contributed by atoms with Gasteiger partial charge in [0.25, 0.3) is 0 Å². The van der Waals surface area contributed by atoms with Crippen molar-refractivity contribution in [3.05, 3.63) is 83.2 Å². The van der Waals surface area contributed by atoms with Crippen LogP contribution in [0.1, 0.15) is 36.5 Å². The molecule has 0 aliphatic carbocycles. The molecule has 0 aromatic carbocycles. The third-order valence-electron chi connectivity index (χ3n) is 4.28. The molecule has 0 radical (unpaired) electrons. The number of aryl methyl sites for hydroxylation is 1. The molecule has 1 amide bonds. The van der Waals surface area contributed by atoms with E-state index in [0.717, 1.165) is 45.8 Å². The fourth-order valence-corrected chi connectivity index (χ4v) is 3.02. The van der Waals surface area contributed by atoms with Crippen LogP contribution in [0.15, 0.2) is 60.6 Å². The summed E-state index contributed by atoms with van der Waals surface area (Å²) in [6, 6.07) is 9.99. The molecule has 27 heavy (non-hydrogen) atoms. The first kappa shape index (κ1) is 18.6. The van der Waals surface area contributed by atoms with Crippen LogP contribution >= 0.6 is 0 Å². The van der Waals surface area contributed by atoms with Gasteiger partial charge in [0.15, 0.2) is 0 Å². The smallest absolute Gasteiger partial charge is 0.213 e. The summed E-state index contributed by atoms with van der Waals surface area (Å²) in [6.45, 7) is 6.11. The molecule has 0 aliphatic heterocycles. The summed E-state index contributed by atoms with van der Waals surface area (Å²) in [7, 11) is 1.73. The Morgan fingerprint density at radius 3 is 2.70 bits per heavy atom. The highest BCUT2D eigenvalue weighted by Crippen LogP contribution is 2.22. The second-order valence-electron chi connectivity index (χ2n) is 6.86. The van der Waals surface area contributed by atoms with E-state index in [1.807, 2.05) is 63.5 Å². The number of allylic oxidation sites excluding steroid dienone is 3. The number of nitrogens with zero attached hydrogens (tertiary/aromatic N) is 4. The predicted molar refractivity (Wildman–Crippen MR) is 108 cm³/mol. The number of hydrogen-bond acceptors (Lipinski definition) is 3. The number of hydrogen-bond donors (Lipinski definition) is 0. The second kappa shape index (κ2) is 7.99. The Balaban J connectivity index is 2.10. The molecule has 0 bridgehead atoms. The number of imidazole rings is 1. The first-order valence-electron chi connectivity index (χ1n) is 8.89. The van der Waals surface area contributed by atoms with Gasteiger partial charge in [-0.1, -0.05) is 17.7 Å². The van der Waals surface area contributed by atoms with E-state index >= 15 is 0 Å². The molecule has 0 spiro atoms. The lowest BCUT2D eigenvalue weighted by Gasteiger charge is -2.11. The quantitative estimate of drug-likeness (QED) is 0.493. The molecule has 3 aromatic heterocycles. The van der Waals surface area contributed by atoms with E-state index in [0.29, 0.717) is 6.42 Å². The van der Waals surface area contributed by atoms with Gasteiger partial charge < -0.3 is 9.30 Å². The third-order valence-corrected chi connectivity index (χ3v) is 4.28. The second-order valence-corrected chi connectivity index (χ2v) is 6.86. The van der Waals surface area contributed by atoms with Crippen molar-refractivity contribution in [1.82, 2.24) is 19.3 Å². The van der Waals surface area contributed by atoms with Crippen LogP contribution in [0.4, 0.5) is 0 Å². The average molecular weight is 360 g/mol. The van der Waals surface area contributed by atoms with E-state index in [1.165, 1.54) is 4.90 Å². The molecule has 0 unspecified atom stereocenters. The van der Waals surface area contributed by atoms with E-state index in [9.17, 15) is 4.79 Å². The van der Waals surface area contributed by atoms with Crippen LogP contribution in [0.5, 0.6) is 0 Å². The minimum Gasteiger partial charge on any atom is -0.324 e. The molecule has 0 N–H and O–H groups in total. The van der Waals surface area contributed by atoms with Crippen molar-refractivity contribution in [3.63, 3.8) is 0 Å². The van der Waals surface area contributed by atoms with Crippen molar-refractivity contribution in [2.75, 3.05) is 7.05 Å². The Bertz CT molecular complexity index is 1010. The lowest BCUT2D eigenvalue weighted by atomic mass is 10.1. The fourth-order valence-electron chi connectivity index (χ4n) is 3.02. The molecule has 3 aromatic rings. The van der Waals surface area contributed by atoms with Crippen molar-refractivity contribution in [2.24, 2.45) is 0 Å². The number of amides is 1. The molecule has 5 heteroatoms. The van der Waals surface area contributed by atoms with Gasteiger partial charge in [0.2, 0.25) is 6.41 Å². The summed E-state index contributed by atoms with van der Waals surface area (Å²) in [5.41, 5.74) is 7.19. The van der Waals surface area contributed by atoms with Crippen LogP contribution in [0.3, 0.4) is 0 Å². The summed E-state index contributed by atoms with van der Waals surface area (Å²) < 4.78 is 2.12. The summed E-state index contributed by atoms with van der Waals surface area (Å²) in [5, 5.41) is 0. The van der Waals surface area contributed by atoms with Gasteiger partial charge in [-0.25, -0.2) is 4.98 Å². The maximum atomic E-state index is 11.1. The van der Waals surface area contributed by atoms with Crippen LogP contribution in [0, 0.1) is 6.92 Å². The van der Waals surface area contributed by atoms with Crippen molar-refractivity contribution in [3.8, 4) is 0 Å². The van der Waals surface area contributed by atoms with Crippen LogP contribution in [-0.4, -0.2) is 32.7 Å². The zero-order valence-electron chi connectivity index (χ0n) is 16.2. The third kappa shape index (κ3) is 4.31. The Labute approximate surface area is 159 Å². The standard InChI is InChI=1S/C22H24N4O/c1-16(2)11-19(13-25(4)15-27)18-8-9-22-24-17(3)21(26(22)14-18)12-20-7-5-6-10-23-20/h5-11,13-15H,12H2,1-4H3/b19-13+. The maximum Gasteiger partial charge on any atom is 0.213 e. The highest BCUT2D eigenvalue weighted by atomic mass is 16.1. The molecule has 3 rings (SSSR count). The number of rotatable bonds is 6. The van der Waals surface area contributed by atoms with Crippen molar-refractivity contribution in [1.29, 1.82) is 0 Å². The SMILES string of the molecule is CC(C)=C/C(=C\N(C)C=O)c1ccc2nc(C)c(Cc3ccccn3)n2c1. The Kier molecular flexibility index (Phi) is 5.50. The largest absolute Gasteiger partial charge is 0.324 e. The van der Waals surface area contributed by atoms with E-state index in [2.05, 4.69) is 26.6 Å². The zero-order valence-corrected chi connectivity index (χ0v) is 16.2. The predicted octanol–water partition coefficient (Wildman–Crippen LogP) is 4.02. The van der Waals surface area contributed by atoms with E-state index in [1.54, 1.807) is 7.05 Å². The molecule has 0 atom stereocenters. The molecule has 3 heterocycles. The summed E-state index contributed by atoms with van der Waals surface area (Å²) in [5.74, 6) is 0. The van der Waals surface area contributed by atoms with E-state index < -0.39 is 0 Å². The molecule has 5 nitrogen and oxygen atoms in total. The fraction of sp³-hybridized carbons (Fsp3) is 0.227. The monoisotopic (exact) mass is 360 g/mol. The first-order valence-corrected chi connectivity index (χ1v) is 8.89. The summed E-state index contributed by atoms with van der Waals surface area (Å²) in [6.07, 6.45) is 9.31. The lowest BCUT2D eigenvalue weighted by molar-refractivity contribution is -0.114. The molecule has 138 valence electrons. The molecule has 0 saturated carbocycles. The molecule has 0 fully saturated rings. The number of aromatic nitrogens is 3. The van der Waals surface area contributed by atoms with Gasteiger partial charge in [-0.05, 0) is 56.2 Å². The Morgan fingerprint density at radius 1 is 1.22 bits per heavy atom. The van der Waals surface area contributed by atoms with Crippen LogP contribution in [0.25, 0.3) is 11.2 Å². The Hall–Kier alpha value is -3.21. The van der Waals surface area contributed by atoms with E-state index in [-0.39, 0.29) is 0 Å². The normalized spacial score (nSPS) is 11.5. The first-order chi connectivity index (χ1) is 13.0. The summed E-state index contributed by atoms with van der Waals surface area (Å²) >= 11 is 0. The lowest BCUT2D eigenvalue weighted by Crippen LogP contribution is -2.07. The highest BCUT2D eigenvalue weighted by molar-refractivity contribution is 5.76. The van der Waals surface area contributed by atoms with Crippen LogP contribution < -0.4 is 0 Å². The van der Waals surface area contributed by atoms with Crippen molar-refractivity contribution in [2.45, 2.75) is 27.2 Å². The number of pyridine rings is 2. The van der Waals surface area contributed by atoms with Gasteiger partial charge in [0.05, 0.1) is 11.4 Å². The topological polar surface area (TPSA) is 50.5 Å². The van der Waals surface area contributed by atoms with Gasteiger partial charge in [0.1, 0.15) is 5.65 Å². The minimum absolute atomic E-state index is 0.716. The minimum atomic E-state index is 0.716. The van der Waals surface area contributed by atoms with Crippen LogP contribution in [-0.2, 0) is 11.2 Å². The van der Waals surface area contributed by atoms with Gasteiger partial charge in [0, 0.05) is 37.8 Å². The van der Waals surface area contributed by atoms with E-state index in [4.69, 9.17) is 0 Å². The molecular weight excluding hydrogens is 336 g/mol. The van der Waals surface area contributed by atoms with Gasteiger partial charge in [-0.2, -0.15) is 0 Å². The molecule has 0 saturated heterocycles. The average Bonchev–Trinajstić information content (AvgIpc) is 2.96. The highest BCUT2D eigenvalue weighted by Gasteiger charge is 2.12. The van der Waals surface area contributed by atoms with Gasteiger partial charge in [-0.15, -0.1) is 0 Å². The van der Waals surface area contributed by atoms with Crippen LogP contribution in [0.2, 0.25) is 0 Å².